The normalized spacial score (nSPS) is 24.1. The number of hydrogen-bond donors (Lipinski definition) is 1. The molecule has 1 aromatic carbocycles. The van der Waals surface area contributed by atoms with Gasteiger partial charge in [0, 0.05) is 44.9 Å². The predicted octanol–water partition coefficient (Wildman–Crippen LogP) is 1.28. The molecule has 1 N–H and O–H groups in total. The van der Waals surface area contributed by atoms with E-state index in [-0.39, 0.29) is 5.69 Å². The van der Waals surface area contributed by atoms with Crippen molar-refractivity contribution in [3.8, 4) is 0 Å². The van der Waals surface area contributed by atoms with Crippen LogP contribution < -0.4 is 0 Å². The molecule has 3 rings (SSSR count). The molecule has 0 saturated carbocycles. The van der Waals surface area contributed by atoms with Crippen molar-refractivity contribution < 1.29 is 14.8 Å². The Morgan fingerprint density at radius 2 is 2.08 bits per heavy atom. The number of morpholine rings is 1. The Hall–Kier alpha value is -1.54. The fourth-order valence-corrected chi connectivity index (χ4v) is 3.57. The Balaban J connectivity index is 1.49. The fraction of sp³-hybridized carbons (Fsp3) is 0.647. The topological polar surface area (TPSA) is 79.1 Å². The molecule has 2 fully saturated rings. The van der Waals surface area contributed by atoms with E-state index in [1.807, 2.05) is 0 Å². The highest BCUT2D eigenvalue weighted by atomic mass is 16.6. The summed E-state index contributed by atoms with van der Waals surface area (Å²) in [7, 11) is 0. The van der Waals surface area contributed by atoms with Crippen LogP contribution in [0.3, 0.4) is 0 Å². The standard InChI is InChI=1S/C17H25N3O4/c21-17(15-2-1-3-16(10-15)20(22)23)13-19-5-4-14(12-19)11-18-6-8-24-9-7-18/h1-3,10,14,17,21H,4-9,11-13H2. The maximum atomic E-state index is 10.9. The molecule has 0 aliphatic carbocycles. The van der Waals surface area contributed by atoms with Crippen molar-refractivity contribution in [1.29, 1.82) is 0 Å². The molecule has 7 nitrogen and oxygen atoms in total. The summed E-state index contributed by atoms with van der Waals surface area (Å²) in [4.78, 5) is 15.1. The molecule has 2 unspecified atom stereocenters. The van der Waals surface area contributed by atoms with Crippen LogP contribution in [0.15, 0.2) is 24.3 Å². The second-order valence-corrected chi connectivity index (χ2v) is 6.70. The van der Waals surface area contributed by atoms with Crippen LogP contribution in [0.4, 0.5) is 5.69 Å². The summed E-state index contributed by atoms with van der Waals surface area (Å²) in [5.74, 6) is 0.625. The van der Waals surface area contributed by atoms with Gasteiger partial charge in [-0.05, 0) is 24.4 Å². The van der Waals surface area contributed by atoms with E-state index in [1.54, 1.807) is 12.1 Å². The zero-order valence-electron chi connectivity index (χ0n) is 13.8. The number of nitrogens with zero attached hydrogens (tertiary/aromatic N) is 3. The Kier molecular flexibility index (Phi) is 5.78. The van der Waals surface area contributed by atoms with Crippen LogP contribution in [0.2, 0.25) is 0 Å². The molecule has 2 atom stereocenters. The van der Waals surface area contributed by atoms with Crippen LogP contribution in [0, 0.1) is 16.0 Å². The van der Waals surface area contributed by atoms with Gasteiger partial charge < -0.3 is 14.7 Å². The van der Waals surface area contributed by atoms with Crippen LogP contribution in [0.25, 0.3) is 0 Å². The molecule has 0 spiro atoms. The molecule has 0 amide bonds. The van der Waals surface area contributed by atoms with Crippen molar-refractivity contribution in [3.63, 3.8) is 0 Å². The van der Waals surface area contributed by atoms with Gasteiger partial charge in [-0.1, -0.05) is 12.1 Å². The maximum absolute atomic E-state index is 10.9. The second kappa shape index (κ2) is 8.02. The smallest absolute Gasteiger partial charge is 0.269 e. The molecule has 2 saturated heterocycles. The summed E-state index contributed by atoms with van der Waals surface area (Å²) < 4.78 is 5.38. The van der Waals surface area contributed by atoms with Crippen LogP contribution in [0.5, 0.6) is 0 Å². The SMILES string of the molecule is O=[N+]([O-])c1cccc(C(O)CN2CCC(CN3CCOCC3)C2)c1. The first-order chi connectivity index (χ1) is 11.6. The number of aliphatic hydroxyl groups is 1. The highest BCUT2D eigenvalue weighted by Crippen LogP contribution is 2.24. The summed E-state index contributed by atoms with van der Waals surface area (Å²) >= 11 is 0. The number of nitro benzene ring substituents is 1. The van der Waals surface area contributed by atoms with E-state index >= 15 is 0 Å². The number of non-ortho nitro benzene ring substituents is 1. The van der Waals surface area contributed by atoms with E-state index in [4.69, 9.17) is 4.74 Å². The first-order valence-electron chi connectivity index (χ1n) is 8.56. The Morgan fingerprint density at radius 3 is 2.83 bits per heavy atom. The lowest BCUT2D eigenvalue weighted by molar-refractivity contribution is -0.385. The lowest BCUT2D eigenvalue weighted by Gasteiger charge is -2.29. The van der Waals surface area contributed by atoms with Gasteiger partial charge in [-0.2, -0.15) is 0 Å². The number of rotatable bonds is 6. The van der Waals surface area contributed by atoms with Crippen molar-refractivity contribution in [2.45, 2.75) is 12.5 Å². The van der Waals surface area contributed by atoms with Crippen LogP contribution >= 0.6 is 0 Å². The van der Waals surface area contributed by atoms with Crippen LogP contribution in [-0.4, -0.2) is 72.3 Å². The summed E-state index contributed by atoms with van der Waals surface area (Å²) in [5.41, 5.74) is 0.638. The molecule has 1 aromatic rings. The van der Waals surface area contributed by atoms with E-state index in [2.05, 4.69) is 9.80 Å². The van der Waals surface area contributed by atoms with Crippen LogP contribution in [0.1, 0.15) is 18.1 Å². The maximum Gasteiger partial charge on any atom is 0.269 e. The molecule has 2 aliphatic rings. The van der Waals surface area contributed by atoms with Gasteiger partial charge >= 0.3 is 0 Å². The van der Waals surface area contributed by atoms with Crippen LogP contribution in [-0.2, 0) is 4.74 Å². The Bertz CT molecular complexity index is 563. The molecule has 0 aromatic heterocycles. The van der Waals surface area contributed by atoms with Crippen molar-refractivity contribution in [1.82, 2.24) is 9.80 Å². The molecule has 2 aliphatic heterocycles. The van der Waals surface area contributed by atoms with E-state index in [1.165, 1.54) is 12.1 Å². The van der Waals surface area contributed by atoms with E-state index < -0.39 is 11.0 Å². The molecule has 132 valence electrons. The number of β-amino-alcohol motifs (C(OH)–C–C–N with tert-alkyl or cyclic N) is 1. The van der Waals surface area contributed by atoms with Crippen molar-refractivity contribution in [2.75, 3.05) is 52.5 Å². The third kappa shape index (κ3) is 4.51. The minimum atomic E-state index is -0.688. The van der Waals surface area contributed by atoms with E-state index in [0.717, 1.165) is 52.4 Å². The van der Waals surface area contributed by atoms with Gasteiger partial charge in [-0.3, -0.25) is 15.0 Å². The third-order valence-corrected chi connectivity index (χ3v) is 4.89. The summed E-state index contributed by atoms with van der Waals surface area (Å²) in [5, 5.41) is 21.3. The number of ether oxygens (including phenoxy) is 1. The molecule has 0 bridgehead atoms. The second-order valence-electron chi connectivity index (χ2n) is 6.70. The minimum Gasteiger partial charge on any atom is -0.387 e. The Morgan fingerprint density at radius 1 is 1.29 bits per heavy atom. The average molecular weight is 335 g/mol. The van der Waals surface area contributed by atoms with Crippen molar-refractivity contribution >= 4 is 5.69 Å². The zero-order chi connectivity index (χ0) is 16.9. The molecular weight excluding hydrogens is 310 g/mol. The number of likely N-dealkylation sites (tertiary alicyclic amines) is 1. The first-order valence-corrected chi connectivity index (χ1v) is 8.56. The van der Waals surface area contributed by atoms with E-state index in [0.29, 0.717) is 18.0 Å². The number of nitro groups is 1. The highest BCUT2D eigenvalue weighted by Gasteiger charge is 2.27. The van der Waals surface area contributed by atoms with Gasteiger partial charge in [-0.15, -0.1) is 0 Å². The fourth-order valence-electron chi connectivity index (χ4n) is 3.57. The van der Waals surface area contributed by atoms with Gasteiger partial charge in [0.15, 0.2) is 0 Å². The van der Waals surface area contributed by atoms with E-state index in [9.17, 15) is 15.2 Å². The molecule has 7 heteroatoms. The van der Waals surface area contributed by atoms with Crippen molar-refractivity contribution in [3.05, 3.63) is 39.9 Å². The van der Waals surface area contributed by atoms with Gasteiger partial charge in [0.05, 0.1) is 24.2 Å². The third-order valence-electron chi connectivity index (χ3n) is 4.89. The average Bonchev–Trinajstić information content (AvgIpc) is 3.02. The van der Waals surface area contributed by atoms with Gasteiger partial charge in [0.1, 0.15) is 0 Å². The van der Waals surface area contributed by atoms with Gasteiger partial charge in [0.25, 0.3) is 5.69 Å². The predicted molar refractivity (Wildman–Crippen MR) is 89.9 cm³/mol. The van der Waals surface area contributed by atoms with Gasteiger partial charge in [-0.25, -0.2) is 0 Å². The van der Waals surface area contributed by atoms with Gasteiger partial charge in [0.2, 0.25) is 0 Å². The minimum absolute atomic E-state index is 0.0261. The quantitative estimate of drug-likeness (QED) is 0.623. The number of hydrogen-bond acceptors (Lipinski definition) is 6. The molecular formula is C17H25N3O4. The summed E-state index contributed by atoms with van der Waals surface area (Å²) in [6.45, 7) is 7.22. The molecule has 0 radical (unpaired) electrons. The summed E-state index contributed by atoms with van der Waals surface area (Å²) in [6.07, 6.45) is 0.450. The molecule has 2 heterocycles. The number of benzene rings is 1. The Labute approximate surface area is 142 Å². The molecule has 24 heavy (non-hydrogen) atoms. The lowest BCUT2D eigenvalue weighted by Crippen LogP contribution is -2.40. The monoisotopic (exact) mass is 335 g/mol. The highest BCUT2D eigenvalue weighted by molar-refractivity contribution is 5.35. The zero-order valence-corrected chi connectivity index (χ0v) is 13.8. The largest absolute Gasteiger partial charge is 0.387 e. The first kappa shape index (κ1) is 17.3. The number of aliphatic hydroxyl groups excluding tert-OH is 1. The van der Waals surface area contributed by atoms with Crippen molar-refractivity contribution in [2.24, 2.45) is 5.92 Å². The summed E-state index contributed by atoms with van der Waals surface area (Å²) in [6, 6.07) is 6.29. The lowest BCUT2D eigenvalue weighted by atomic mass is 10.1.